The van der Waals surface area contributed by atoms with Gasteiger partial charge in [0.25, 0.3) is 0 Å². The first-order valence-corrected chi connectivity index (χ1v) is 7.34. The molecule has 0 aromatic carbocycles. The predicted molar refractivity (Wildman–Crippen MR) is 73.4 cm³/mol. The highest BCUT2D eigenvalue weighted by Crippen LogP contribution is 2.20. The predicted octanol–water partition coefficient (Wildman–Crippen LogP) is 1.60. The quantitative estimate of drug-likeness (QED) is 0.734. The van der Waals surface area contributed by atoms with Gasteiger partial charge in [0.1, 0.15) is 6.04 Å². The number of anilines is 1. The lowest BCUT2D eigenvalue weighted by Gasteiger charge is -2.22. The Balaban J connectivity index is 1.75. The highest BCUT2D eigenvalue weighted by molar-refractivity contribution is 7.13. The van der Waals surface area contributed by atoms with E-state index in [1.54, 1.807) is 5.38 Å². The van der Waals surface area contributed by atoms with Crippen LogP contribution in [-0.4, -0.2) is 35.3 Å². The molecule has 0 saturated carbocycles. The largest absolute Gasteiger partial charge is 0.480 e. The molecule has 106 valence electrons. The Labute approximate surface area is 116 Å². The number of aliphatic carboxylic acids is 1. The highest BCUT2D eigenvalue weighted by Gasteiger charge is 2.18. The van der Waals surface area contributed by atoms with Gasteiger partial charge in [0.05, 0.1) is 11.8 Å². The lowest BCUT2D eigenvalue weighted by molar-refractivity contribution is -0.138. The van der Waals surface area contributed by atoms with Gasteiger partial charge in [-0.25, -0.2) is 4.98 Å². The molecule has 0 spiro atoms. The Kier molecular flexibility index (Phi) is 5.12. The Bertz CT molecular complexity index is 418. The number of carbonyl (C=O) groups is 1. The van der Waals surface area contributed by atoms with E-state index in [0.717, 1.165) is 32.4 Å². The topological polar surface area (TPSA) is 97.5 Å². The number of rotatable bonds is 6. The van der Waals surface area contributed by atoms with Crippen molar-refractivity contribution in [3.8, 4) is 0 Å². The molecule has 1 aliphatic heterocycles. The molecular weight excluding hydrogens is 266 g/mol. The van der Waals surface area contributed by atoms with Gasteiger partial charge in [-0.2, -0.15) is 0 Å². The molecule has 7 heteroatoms. The number of thiazole rings is 1. The van der Waals surface area contributed by atoms with Gasteiger partial charge < -0.3 is 20.9 Å². The van der Waals surface area contributed by atoms with Crippen LogP contribution in [0, 0.1) is 0 Å². The summed E-state index contributed by atoms with van der Waals surface area (Å²) in [5.74, 6) is -1.06. The van der Waals surface area contributed by atoms with Gasteiger partial charge in [-0.05, 0) is 25.7 Å². The molecule has 1 aromatic heterocycles. The zero-order valence-electron chi connectivity index (χ0n) is 10.7. The minimum atomic E-state index is -1.06. The number of hydrogen-bond donors (Lipinski definition) is 3. The fourth-order valence-electron chi connectivity index (χ4n) is 2.01. The molecule has 2 unspecified atom stereocenters. The lowest BCUT2D eigenvalue weighted by atomic mass is 10.1. The molecule has 19 heavy (non-hydrogen) atoms. The summed E-state index contributed by atoms with van der Waals surface area (Å²) in [5.41, 5.74) is 5.89. The summed E-state index contributed by atoms with van der Waals surface area (Å²) in [6.07, 6.45) is 4.79. The number of nitrogens with two attached hydrogens (primary N) is 1. The molecule has 6 nitrogen and oxygen atoms in total. The molecule has 0 radical (unpaired) electrons. The molecule has 1 fully saturated rings. The summed E-state index contributed by atoms with van der Waals surface area (Å²) in [6, 6.07) is -1.05. The molecule has 2 rings (SSSR count). The Morgan fingerprint density at radius 1 is 1.68 bits per heavy atom. The van der Waals surface area contributed by atoms with E-state index in [-0.39, 0.29) is 0 Å². The fraction of sp³-hybridized carbons (Fsp3) is 0.667. The van der Waals surface area contributed by atoms with E-state index in [2.05, 4.69) is 10.3 Å². The molecule has 0 amide bonds. The van der Waals surface area contributed by atoms with Crippen molar-refractivity contribution < 1.29 is 14.6 Å². The van der Waals surface area contributed by atoms with Gasteiger partial charge in [0.15, 0.2) is 5.13 Å². The van der Waals surface area contributed by atoms with E-state index in [1.165, 1.54) is 17.8 Å². The number of nitrogens with zero attached hydrogens (tertiary/aromatic N) is 1. The zero-order chi connectivity index (χ0) is 13.7. The number of hydrogen-bond acceptors (Lipinski definition) is 6. The standard InChI is InChI=1S/C12H19N3O3S/c13-10(11(16)17)9-7-19-12(15-9)14-5-4-8-3-1-2-6-18-8/h7-8,10H,1-6,13H2,(H,14,15)(H,16,17). The van der Waals surface area contributed by atoms with Crippen LogP contribution < -0.4 is 11.1 Å². The molecule has 4 N–H and O–H groups in total. The van der Waals surface area contributed by atoms with Crippen LogP contribution in [0.4, 0.5) is 5.13 Å². The lowest BCUT2D eigenvalue weighted by Crippen LogP contribution is -2.22. The van der Waals surface area contributed by atoms with Crippen molar-refractivity contribution in [1.82, 2.24) is 4.98 Å². The molecule has 2 atom stereocenters. The van der Waals surface area contributed by atoms with Crippen LogP contribution in [0.25, 0.3) is 0 Å². The van der Waals surface area contributed by atoms with Crippen LogP contribution in [0.1, 0.15) is 37.4 Å². The number of ether oxygens (including phenoxy) is 1. The SMILES string of the molecule is NC(C(=O)O)c1csc(NCCC2CCCCO2)n1. The second kappa shape index (κ2) is 6.83. The summed E-state index contributed by atoms with van der Waals surface area (Å²) in [5, 5.41) is 14.4. The number of carboxylic acid groups (broad SMARTS) is 1. The van der Waals surface area contributed by atoms with Crippen molar-refractivity contribution in [3.05, 3.63) is 11.1 Å². The summed E-state index contributed by atoms with van der Waals surface area (Å²) >= 11 is 1.38. The molecule has 1 saturated heterocycles. The van der Waals surface area contributed by atoms with E-state index in [1.807, 2.05) is 0 Å². The molecule has 0 bridgehead atoms. The van der Waals surface area contributed by atoms with Crippen molar-refractivity contribution in [1.29, 1.82) is 0 Å². The summed E-state index contributed by atoms with van der Waals surface area (Å²) in [6.45, 7) is 1.64. The van der Waals surface area contributed by atoms with Crippen molar-refractivity contribution in [2.75, 3.05) is 18.5 Å². The average Bonchev–Trinajstić information content (AvgIpc) is 2.88. The van der Waals surface area contributed by atoms with Crippen molar-refractivity contribution in [3.63, 3.8) is 0 Å². The van der Waals surface area contributed by atoms with E-state index in [4.69, 9.17) is 15.6 Å². The molecular formula is C12H19N3O3S. The van der Waals surface area contributed by atoms with Crippen LogP contribution in [0.3, 0.4) is 0 Å². The summed E-state index contributed by atoms with van der Waals surface area (Å²) in [7, 11) is 0. The first kappa shape index (κ1) is 14.2. The first-order valence-electron chi connectivity index (χ1n) is 6.46. The maximum atomic E-state index is 10.7. The maximum Gasteiger partial charge on any atom is 0.326 e. The van der Waals surface area contributed by atoms with E-state index in [9.17, 15) is 4.79 Å². The Morgan fingerprint density at radius 2 is 2.53 bits per heavy atom. The molecule has 0 aliphatic carbocycles. The van der Waals surface area contributed by atoms with Crippen molar-refractivity contribution in [2.24, 2.45) is 5.73 Å². The van der Waals surface area contributed by atoms with E-state index in [0.29, 0.717) is 16.9 Å². The minimum absolute atomic E-state index is 0.335. The second-order valence-electron chi connectivity index (χ2n) is 4.60. The van der Waals surface area contributed by atoms with Crippen LogP contribution >= 0.6 is 11.3 Å². The Morgan fingerprint density at radius 3 is 3.21 bits per heavy atom. The minimum Gasteiger partial charge on any atom is -0.480 e. The molecule has 2 heterocycles. The maximum absolute atomic E-state index is 10.7. The van der Waals surface area contributed by atoms with E-state index >= 15 is 0 Å². The normalized spacial score (nSPS) is 21.0. The average molecular weight is 285 g/mol. The van der Waals surface area contributed by atoms with Crippen LogP contribution in [-0.2, 0) is 9.53 Å². The third kappa shape index (κ3) is 4.15. The summed E-state index contributed by atoms with van der Waals surface area (Å²) in [4.78, 5) is 14.9. The third-order valence-corrected chi connectivity index (χ3v) is 3.94. The molecule has 1 aromatic rings. The number of nitrogens with one attached hydrogen (secondary N) is 1. The molecule has 1 aliphatic rings. The monoisotopic (exact) mass is 285 g/mol. The van der Waals surface area contributed by atoms with Crippen molar-refractivity contribution in [2.45, 2.75) is 37.8 Å². The number of carboxylic acids is 1. The van der Waals surface area contributed by atoms with Gasteiger partial charge in [-0.15, -0.1) is 11.3 Å². The van der Waals surface area contributed by atoms with Crippen LogP contribution in [0.15, 0.2) is 5.38 Å². The van der Waals surface area contributed by atoms with E-state index < -0.39 is 12.0 Å². The van der Waals surface area contributed by atoms with Gasteiger partial charge in [-0.3, -0.25) is 4.79 Å². The van der Waals surface area contributed by atoms with Crippen LogP contribution in [0.5, 0.6) is 0 Å². The van der Waals surface area contributed by atoms with Gasteiger partial charge in [0.2, 0.25) is 0 Å². The zero-order valence-corrected chi connectivity index (χ0v) is 11.5. The Hall–Kier alpha value is -1.18. The highest BCUT2D eigenvalue weighted by atomic mass is 32.1. The third-order valence-electron chi connectivity index (χ3n) is 3.12. The first-order chi connectivity index (χ1) is 9.16. The summed E-state index contributed by atoms with van der Waals surface area (Å²) < 4.78 is 5.64. The van der Waals surface area contributed by atoms with Gasteiger partial charge in [-0.1, -0.05) is 0 Å². The van der Waals surface area contributed by atoms with Crippen molar-refractivity contribution >= 4 is 22.4 Å². The number of aromatic nitrogens is 1. The fourth-order valence-corrected chi connectivity index (χ4v) is 2.79. The van der Waals surface area contributed by atoms with Gasteiger partial charge in [0, 0.05) is 18.5 Å². The van der Waals surface area contributed by atoms with Crippen LogP contribution in [0.2, 0.25) is 0 Å². The smallest absolute Gasteiger partial charge is 0.326 e. The van der Waals surface area contributed by atoms with Gasteiger partial charge >= 0.3 is 5.97 Å². The second-order valence-corrected chi connectivity index (χ2v) is 5.46.